The summed E-state index contributed by atoms with van der Waals surface area (Å²) in [5.74, 6) is 0. The summed E-state index contributed by atoms with van der Waals surface area (Å²) in [6, 6.07) is 11.3. The summed E-state index contributed by atoms with van der Waals surface area (Å²) in [5.41, 5.74) is 1.42. The van der Waals surface area contributed by atoms with Crippen molar-refractivity contribution in [3.05, 3.63) is 58.4 Å². The van der Waals surface area contributed by atoms with Gasteiger partial charge in [0.05, 0.1) is 16.1 Å². The van der Waals surface area contributed by atoms with Gasteiger partial charge < -0.3 is 0 Å². The summed E-state index contributed by atoms with van der Waals surface area (Å²) in [7, 11) is 0. The van der Waals surface area contributed by atoms with E-state index in [4.69, 9.17) is 0 Å². The van der Waals surface area contributed by atoms with E-state index >= 15 is 0 Å². The Kier molecular flexibility index (Phi) is 2.41. The Hall–Kier alpha value is -2.23. The molecular formula is C11H8N2O2. The van der Waals surface area contributed by atoms with Crippen LogP contribution in [0.25, 0.3) is 17.0 Å². The molecule has 0 bridgehead atoms. The minimum atomic E-state index is -0.503. The van der Waals surface area contributed by atoms with E-state index in [1.807, 2.05) is 30.3 Å². The summed E-state index contributed by atoms with van der Waals surface area (Å²) in [6.45, 7) is 0. The van der Waals surface area contributed by atoms with E-state index in [-0.39, 0.29) is 0 Å². The molecule has 0 radical (unpaired) electrons. The van der Waals surface area contributed by atoms with Gasteiger partial charge in [0.2, 0.25) is 6.20 Å². The zero-order chi connectivity index (χ0) is 10.7. The van der Waals surface area contributed by atoms with Gasteiger partial charge in [0, 0.05) is 11.5 Å². The minimum absolute atomic E-state index is 0.503. The molecule has 0 aliphatic heterocycles. The van der Waals surface area contributed by atoms with Crippen molar-refractivity contribution >= 4 is 17.0 Å². The molecule has 74 valence electrons. The molecule has 0 unspecified atom stereocenters. The molecule has 2 rings (SSSR count). The second kappa shape index (κ2) is 3.88. The van der Waals surface area contributed by atoms with Gasteiger partial charge in [-0.25, -0.2) is 4.98 Å². The number of rotatable bonds is 2. The van der Waals surface area contributed by atoms with Gasteiger partial charge in [-0.05, 0) is 12.1 Å². The van der Waals surface area contributed by atoms with Crippen molar-refractivity contribution in [1.82, 2.24) is 4.98 Å². The number of pyridine rings is 1. The van der Waals surface area contributed by atoms with Crippen LogP contribution in [-0.2, 0) is 0 Å². The zero-order valence-electron chi connectivity index (χ0n) is 7.83. The first kappa shape index (κ1) is 9.33. The molecule has 0 N–H and O–H groups in total. The second-order valence-corrected chi connectivity index (χ2v) is 3.03. The monoisotopic (exact) mass is 200 g/mol. The van der Waals surface area contributed by atoms with Gasteiger partial charge in [-0.1, -0.05) is 24.3 Å². The molecular weight excluding hydrogens is 192 g/mol. The van der Waals surface area contributed by atoms with Gasteiger partial charge in [-0.2, -0.15) is 0 Å². The predicted octanol–water partition coefficient (Wildman–Crippen LogP) is 2.48. The molecule has 0 atom stereocenters. The molecule has 1 heterocycles. The smallest absolute Gasteiger partial charge is 0.236 e. The molecule has 4 nitrogen and oxygen atoms in total. The predicted molar refractivity (Wildman–Crippen MR) is 57.8 cm³/mol. The normalized spacial score (nSPS) is 10.9. The van der Waals surface area contributed by atoms with Gasteiger partial charge in [0.15, 0.2) is 0 Å². The van der Waals surface area contributed by atoms with E-state index in [1.54, 1.807) is 6.07 Å². The summed E-state index contributed by atoms with van der Waals surface area (Å²) in [6.07, 6.45) is 2.27. The largest absolute Gasteiger partial charge is 0.259 e. The van der Waals surface area contributed by atoms with Crippen molar-refractivity contribution in [2.24, 2.45) is 0 Å². The highest BCUT2D eigenvalue weighted by Crippen LogP contribution is 2.12. The van der Waals surface area contributed by atoms with Gasteiger partial charge >= 0.3 is 0 Å². The Labute approximate surface area is 86.0 Å². The van der Waals surface area contributed by atoms with Gasteiger partial charge in [-0.15, -0.1) is 0 Å². The van der Waals surface area contributed by atoms with Crippen LogP contribution in [0.5, 0.6) is 0 Å². The lowest BCUT2D eigenvalue weighted by Crippen LogP contribution is -1.85. The Balaban J connectivity index is 2.43. The van der Waals surface area contributed by atoms with Gasteiger partial charge in [0.25, 0.3) is 0 Å². The molecule has 1 aromatic carbocycles. The highest BCUT2D eigenvalue weighted by molar-refractivity contribution is 5.79. The highest BCUT2D eigenvalue weighted by Gasteiger charge is 1.95. The molecule has 0 fully saturated rings. The van der Waals surface area contributed by atoms with E-state index in [0.717, 1.165) is 17.1 Å². The molecule has 1 aromatic heterocycles. The molecule has 4 heteroatoms. The van der Waals surface area contributed by atoms with Gasteiger partial charge in [0.1, 0.15) is 0 Å². The first-order valence-corrected chi connectivity index (χ1v) is 4.43. The lowest BCUT2D eigenvalue weighted by Gasteiger charge is -1.96. The molecule has 0 amide bonds. The summed E-state index contributed by atoms with van der Waals surface area (Å²) in [4.78, 5) is 13.9. The van der Waals surface area contributed by atoms with Crippen molar-refractivity contribution in [2.75, 3.05) is 0 Å². The van der Waals surface area contributed by atoms with Crippen LogP contribution < -0.4 is 0 Å². The average Bonchev–Trinajstić information content (AvgIpc) is 2.26. The number of nitro groups is 1. The molecule has 0 spiro atoms. The Morgan fingerprint density at radius 3 is 2.80 bits per heavy atom. The lowest BCUT2D eigenvalue weighted by atomic mass is 10.2. The highest BCUT2D eigenvalue weighted by atomic mass is 16.6. The summed E-state index contributed by atoms with van der Waals surface area (Å²) < 4.78 is 0. The zero-order valence-corrected chi connectivity index (χ0v) is 7.83. The van der Waals surface area contributed by atoms with Crippen LogP contribution in [0, 0.1) is 10.1 Å². The SMILES string of the molecule is O=[N+]([O-])C=Cc1ccc2ccccc2n1. The fourth-order valence-electron chi connectivity index (χ4n) is 1.31. The van der Waals surface area contributed by atoms with E-state index < -0.39 is 4.92 Å². The Morgan fingerprint density at radius 2 is 2.00 bits per heavy atom. The maximum atomic E-state index is 10.1. The lowest BCUT2D eigenvalue weighted by molar-refractivity contribution is -0.401. The molecule has 0 aliphatic rings. The Morgan fingerprint density at radius 1 is 1.20 bits per heavy atom. The third-order valence-corrected chi connectivity index (χ3v) is 1.99. The quantitative estimate of drug-likeness (QED) is 0.552. The van der Waals surface area contributed by atoms with Crippen molar-refractivity contribution in [3.8, 4) is 0 Å². The number of nitrogens with zero attached hydrogens (tertiary/aromatic N) is 2. The first-order valence-electron chi connectivity index (χ1n) is 4.43. The van der Waals surface area contributed by atoms with E-state index in [1.165, 1.54) is 6.08 Å². The van der Waals surface area contributed by atoms with Gasteiger partial charge in [-0.3, -0.25) is 10.1 Å². The summed E-state index contributed by atoms with van der Waals surface area (Å²) in [5, 5.41) is 11.2. The van der Waals surface area contributed by atoms with Crippen LogP contribution in [0.2, 0.25) is 0 Å². The van der Waals surface area contributed by atoms with Crippen LogP contribution in [0.1, 0.15) is 5.69 Å². The fourth-order valence-corrected chi connectivity index (χ4v) is 1.31. The fraction of sp³-hybridized carbons (Fsp3) is 0. The molecule has 0 saturated carbocycles. The molecule has 0 saturated heterocycles. The maximum Gasteiger partial charge on any atom is 0.236 e. The third-order valence-electron chi connectivity index (χ3n) is 1.99. The van der Waals surface area contributed by atoms with E-state index in [2.05, 4.69) is 4.98 Å². The third kappa shape index (κ3) is 2.17. The van der Waals surface area contributed by atoms with Crippen molar-refractivity contribution in [1.29, 1.82) is 0 Å². The van der Waals surface area contributed by atoms with Crippen molar-refractivity contribution in [3.63, 3.8) is 0 Å². The van der Waals surface area contributed by atoms with E-state index in [0.29, 0.717) is 5.69 Å². The molecule has 15 heavy (non-hydrogen) atoms. The second-order valence-electron chi connectivity index (χ2n) is 3.03. The number of benzene rings is 1. The van der Waals surface area contributed by atoms with Crippen molar-refractivity contribution < 1.29 is 4.92 Å². The first-order chi connectivity index (χ1) is 7.25. The summed E-state index contributed by atoms with van der Waals surface area (Å²) >= 11 is 0. The van der Waals surface area contributed by atoms with Crippen LogP contribution in [-0.4, -0.2) is 9.91 Å². The van der Waals surface area contributed by atoms with Crippen molar-refractivity contribution in [2.45, 2.75) is 0 Å². The molecule has 0 aliphatic carbocycles. The number of hydrogen-bond donors (Lipinski definition) is 0. The molecule has 2 aromatic rings. The standard InChI is InChI=1S/C11H8N2O2/c14-13(15)8-7-10-6-5-9-3-1-2-4-11(9)12-10/h1-8H. The van der Waals surface area contributed by atoms with Crippen LogP contribution in [0.3, 0.4) is 0 Å². The van der Waals surface area contributed by atoms with E-state index in [9.17, 15) is 10.1 Å². The maximum absolute atomic E-state index is 10.1. The van der Waals surface area contributed by atoms with Crippen LogP contribution >= 0.6 is 0 Å². The van der Waals surface area contributed by atoms with Crippen LogP contribution in [0.15, 0.2) is 42.6 Å². The van der Waals surface area contributed by atoms with Crippen LogP contribution in [0.4, 0.5) is 0 Å². The number of fused-ring (bicyclic) bond motifs is 1. The average molecular weight is 200 g/mol. The topological polar surface area (TPSA) is 56.0 Å². The Bertz CT molecular complexity index is 535. The number of para-hydroxylation sites is 1. The minimum Gasteiger partial charge on any atom is -0.259 e. The number of hydrogen-bond acceptors (Lipinski definition) is 3. The number of aromatic nitrogens is 1.